The third-order valence-corrected chi connectivity index (χ3v) is 4.85. The number of methoxy groups -OCH3 is 1. The third kappa shape index (κ3) is 5.25. The molecule has 0 saturated heterocycles. The van der Waals surface area contributed by atoms with Crippen LogP contribution < -0.4 is 19.7 Å². The van der Waals surface area contributed by atoms with Gasteiger partial charge in [-0.25, -0.2) is 5.48 Å². The van der Waals surface area contributed by atoms with Gasteiger partial charge in [-0.15, -0.1) is 0 Å². The zero-order valence-corrected chi connectivity index (χ0v) is 18.0. The monoisotopic (exact) mass is 443 g/mol. The van der Waals surface area contributed by atoms with Gasteiger partial charge >= 0.3 is 0 Å². The molecule has 0 bridgehead atoms. The van der Waals surface area contributed by atoms with E-state index in [0.29, 0.717) is 39.0 Å². The first kappa shape index (κ1) is 22.4. The molecule has 1 aliphatic rings. The quantitative estimate of drug-likeness (QED) is 0.286. The van der Waals surface area contributed by atoms with Crippen molar-refractivity contribution in [3.8, 4) is 17.2 Å². The number of amides is 1. The van der Waals surface area contributed by atoms with E-state index in [1.165, 1.54) is 18.7 Å². The first-order valence-corrected chi connectivity index (χ1v) is 9.79. The molecule has 2 aromatic rings. The number of allylic oxidation sites excluding steroid dienone is 1. The van der Waals surface area contributed by atoms with Gasteiger partial charge in [0, 0.05) is 5.56 Å². The summed E-state index contributed by atoms with van der Waals surface area (Å²) in [6, 6.07) is 8.31. The molecule has 0 spiro atoms. The highest BCUT2D eigenvalue weighted by Crippen LogP contribution is 2.38. The summed E-state index contributed by atoms with van der Waals surface area (Å²) in [4.78, 5) is 24.1. The molecule has 0 radical (unpaired) electrons. The van der Waals surface area contributed by atoms with E-state index in [1.807, 2.05) is 26.0 Å². The van der Waals surface area contributed by atoms with Gasteiger partial charge in [0.25, 0.3) is 5.91 Å². The number of hydrogen-bond donors (Lipinski definition) is 2. The lowest BCUT2D eigenvalue weighted by Gasteiger charge is -2.29. The predicted octanol–water partition coefficient (Wildman–Crippen LogP) is 4.31. The second-order valence-electron chi connectivity index (χ2n) is 7.31. The topological polar surface area (TPSA) is 94.1 Å². The summed E-state index contributed by atoms with van der Waals surface area (Å²) in [5.41, 5.74) is 2.65. The van der Waals surface area contributed by atoms with E-state index in [9.17, 15) is 9.59 Å². The fraction of sp³-hybridized carbons (Fsp3) is 0.217. The zero-order valence-electron chi connectivity index (χ0n) is 17.3. The minimum Gasteiger partial charge on any atom is -0.493 e. The lowest BCUT2D eigenvalue weighted by molar-refractivity contribution is -0.131. The molecule has 0 atom stereocenters. The van der Waals surface area contributed by atoms with Crippen LogP contribution in [0, 0.1) is 0 Å². The smallest absolute Gasteiger partial charge is 0.281 e. The second kappa shape index (κ2) is 9.24. The molecule has 2 aromatic carbocycles. The Morgan fingerprint density at radius 2 is 2.00 bits per heavy atom. The molecule has 2 N–H and O–H groups in total. The molecule has 0 aliphatic carbocycles. The van der Waals surface area contributed by atoms with Crippen LogP contribution in [0.2, 0.25) is 5.02 Å². The van der Waals surface area contributed by atoms with Crippen molar-refractivity contribution in [3.63, 3.8) is 0 Å². The van der Waals surface area contributed by atoms with E-state index in [4.69, 9.17) is 31.0 Å². The fourth-order valence-electron chi connectivity index (χ4n) is 2.96. The van der Waals surface area contributed by atoms with Crippen molar-refractivity contribution in [1.29, 1.82) is 0 Å². The maximum absolute atomic E-state index is 12.9. The molecule has 3 rings (SSSR count). The molecule has 0 saturated carbocycles. The van der Waals surface area contributed by atoms with E-state index in [-0.39, 0.29) is 5.78 Å². The number of hydrogen-bond acceptors (Lipinski definition) is 6. The lowest BCUT2D eigenvalue weighted by atomic mass is 9.98. The Kier molecular flexibility index (Phi) is 6.68. The maximum Gasteiger partial charge on any atom is 0.281 e. The molecule has 0 unspecified atom stereocenters. The van der Waals surface area contributed by atoms with E-state index < -0.39 is 18.1 Å². The number of fused-ring (bicyclic) bond motifs is 1. The lowest BCUT2D eigenvalue weighted by Crippen LogP contribution is -2.28. The van der Waals surface area contributed by atoms with Crippen LogP contribution in [0.5, 0.6) is 17.2 Å². The first-order chi connectivity index (χ1) is 14.7. The summed E-state index contributed by atoms with van der Waals surface area (Å²) < 4.78 is 16.6. The van der Waals surface area contributed by atoms with Gasteiger partial charge in [-0.3, -0.25) is 14.8 Å². The van der Waals surface area contributed by atoms with Gasteiger partial charge in [-0.1, -0.05) is 23.7 Å². The molecule has 0 aromatic heterocycles. The summed E-state index contributed by atoms with van der Waals surface area (Å²) in [5.74, 6) is 0.186. The van der Waals surface area contributed by atoms with Crippen LogP contribution in [0.15, 0.2) is 42.5 Å². The largest absolute Gasteiger partial charge is 0.493 e. The number of nitrogens with one attached hydrogen (secondary N) is 1. The van der Waals surface area contributed by atoms with Crippen LogP contribution in [0.25, 0.3) is 12.2 Å². The molecule has 1 heterocycles. The summed E-state index contributed by atoms with van der Waals surface area (Å²) in [7, 11) is 1.47. The molecular weight excluding hydrogens is 422 g/mol. The highest BCUT2D eigenvalue weighted by molar-refractivity contribution is 6.32. The zero-order chi connectivity index (χ0) is 22.6. The Labute approximate surface area is 184 Å². The number of ether oxygens (including phenoxy) is 3. The van der Waals surface area contributed by atoms with Crippen molar-refractivity contribution in [3.05, 3.63) is 64.2 Å². The van der Waals surface area contributed by atoms with Crippen molar-refractivity contribution < 1.29 is 29.0 Å². The maximum atomic E-state index is 12.9. The van der Waals surface area contributed by atoms with Crippen molar-refractivity contribution in [2.75, 3.05) is 13.7 Å². The highest BCUT2D eigenvalue weighted by atomic mass is 35.5. The molecule has 7 nitrogen and oxygen atoms in total. The summed E-state index contributed by atoms with van der Waals surface area (Å²) in [5, 5.41) is 9.10. The molecule has 0 fully saturated rings. The van der Waals surface area contributed by atoms with Crippen molar-refractivity contribution in [1.82, 2.24) is 5.48 Å². The van der Waals surface area contributed by atoms with Gasteiger partial charge in [0.1, 0.15) is 11.4 Å². The van der Waals surface area contributed by atoms with Crippen LogP contribution >= 0.6 is 11.6 Å². The van der Waals surface area contributed by atoms with Crippen LogP contribution in [0.4, 0.5) is 0 Å². The summed E-state index contributed by atoms with van der Waals surface area (Å²) in [6.07, 6.45) is 6.79. The normalized spacial score (nSPS) is 14.0. The van der Waals surface area contributed by atoms with Crippen LogP contribution in [-0.4, -0.2) is 36.2 Å². The molecule has 8 heteroatoms. The van der Waals surface area contributed by atoms with Gasteiger partial charge in [-0.2, -0.15) is 0 Å². The number of halogens is 1. The molecular formula is C23H22ClNO6. The number of benzene rings is 2. The van der Waals surface area contributed by atoms with Gasteiger partial charge in [0.05, 0.1) is 17.7 Å². The Morgan fingerprint density at radius 1 is 1.23 bits per heavy atom. The second-order valence-corrected chi connectivity index (χ2v) is 7.72. The van der Waals surface area contributed by atoms with E-state index >= 15 is 0 Å². The van der Waals surface area contributed by atoms with Gasteiger partial charge < -0.3 is 14.2 Å². The van der Waals surface area contributed by atoms with E-state index in [2.05, 4.69) is 0 Å². The van der Waals surface area contributed by atoms with Gasteiger partial charge in [0.2, 0.25) is 0 Å². The molecule has 31 heavy (non-hydrogen) atoms. The number of rotatable bonds is 7. The average Bonchev–Trinajstić information content (AvgIpc) is 2.75. The summed E-state index contributed by atoms with van der Waals surface area (Å²) in [6.45, 7) is 3.40. The Balaban J connectivity index is 1.85. The number of carbonyl (C=O) groups is 2. The Bertz CT molecular complexity index is 1070. The number of carbonyl (C=O) groups excluding carboxylic acids is 2. The van der Waals surface area contributed by atoms with Crippen LogP contribution in [0.1, 0.15) is 35.3 Å². The minimum atomic E-state index is -0.706. The molecule has 162 valence electrons. The van der Waals surface area contributed by atoms with E-state index in [0.717, 1.165) is 0 Å². The SMILES string of the molecule is COc1ccc(/C=C/C(=O)c2ccc(Cl)c3c2OC(C)(C)C=C3)cc1OCC(=O)NO. The Morgan fingerprint density at radius 3 is 2.71 bits per heavy atom. The van der Waals surface area contributed by atoms with Crippen LogP contribution in [0.3, 0.4) is 0 Å². The molecule has 1 aliphatic heterocycles. The number of ketones is 1. The molecule has 1 amide bonds. The van der Waals surface area contributed by atoms with E-state index in [1.54, 1.807) is 36.4 Å². The standard InChI is InChI=1S/C23H22ClNO6/c1-23(2)11-10-15-17(24)7-6-16(22(15)31-23)18(26)8-4-14-5-9-19(29-3)20(12-14)30-13-21(27)25-28/h4-12,28H,13H2,1-3H3,(H,25,27)/b8-4+. The predicted molar refractivity (Wildman–Crippen MR) is 117 cm³/mol. The fourth-order valence-corrected chi connectivity index (χ4v) is 3.17. The van der Waals surface area contributed by atoms with Crippen LogP contribution in [-0.2, 0) is 4.79 Å². The first-order valence-electron chi connectivity index (χ1n) is 9.41. The number of hydroxylamine groups is 1. The van der Waals surface area contributed by atoms with Crippen molar-refractivity contribution in [2.24, 2.45) is 0 Å². The third-order valence-electron chi connectivity index (χ3n) is 4.52. The van der Waals surface area contributed by atoms with Gasteiger partial charge in [0.15, 0.2) is 23.9 Å². The minimum absolute atomic E-state index is 0.253. The van der Waals surface area contributed by atoms with Crippen molar-refractivity contribution >= 4 is 35.4 Å². The Hall–Kier alpha value is -3.29. The average molecular weight is 444 g/mol. The van der Waals surface area contributed by atoms with Gasteiger partial charge in [-0.05, 0) is 61.9 Å². The summed E-state index contributed by atoms with van der Waals surface area (Å²) >= 11 is 6.26. The highest BCUT2D eigenvalue weighted by Gasteiger charge is 2.27. The van der Waals surface area contributed by atoms with Crippen molar-refractivity contribution in [2.45, 2.75) is 19.4 Å².